The molecule has 0 saturated heterocycles. The maximum absolute atomic E-state index is 13.4. The van der Waals surface area contributed by atoms with Crippen LogP contribution >= 0.6 is 0 Å². The summed E-state index contributed by atoms with van der Waals surface area (Å²) in [6, 6.07) is 5.60. The summed E-state index contributed by atoms with van der Waals surface area (Å²) in [5, 5.41) is 10.8. The molecule has 1 amide bonds. The smallest absolute Gasteiger partial charge is 0.238 e. The van der Waals surface area contributed by atoms with Crippen LogP contribution in [-0.2, 0) is 11.2 Å². The highest BCUT2D eigenvalue weighted by Crippen LogP contribution is 2.24. The van der Waals surface area contributed by atoms with Gasteiger partial charge in [-0.25, -0.2) is 9.37 Å². The molecular weight excluding hydrogens is 363 g/mol. The lowest BCUT2D eigenvalue weighted by Gasteiger charge is -2.17. The van der Waals surface area contributed by atoms with E-state index < -0.39 is 0 Å². The number of nitrogens with one attached hydrogen (secondary N) is 1. The second-order valence-corrected chi connectivity index (χ2v) is 7.12. The average molecular weight is 386 g/mol. The Balaban J connectivity index is 1.73. The third-order valence-corrected chi connectivity index (χ3v) is 4.17. The first kappa shape index (κ1) is 19.7. The van der Waals surface area contributed by atoms with Gasteiger partial charge in [0.05, 0.1) is 12.1 Å². The maximum Gasteiger partial charge on any atom is 0.238 e. The van der Waals surface area contributed by atoms with Gasteiger partial charge in [0.1, 0.15) is 17.6 Å². The molecule has 0 aliphatic rings. The van der Waals surface area contributed by atoms with Gasteiger partial charge >= 0.3 is 0 Å². The zero-order valence-electron chi connectivity index (χ0n) is 16.3. The van der Waals surface area contributed by atoms with Crippen molar-refractivity contribution in [1.82, 2.24) is 20.5 Å². The Hall–Kier alpha value is -3.03. The van der Waals surface area contributed by atoms with Crippen LogP contribution < -0.4 is 5.32 Å². The van der Waals surface area contributed by atoms with Crippen LogP contribution in [0.2, 0.25) is 0 Å². The van der Waals surface area contributed by atoms with Gasteiger partial charge in [0, 0.05) is 12.5 Å². The van der Waals surface area contributed by atoms with E-state index in [0.29, 0.717) is 41.1 Å². The Labute approximate surface area is 162 Å². The maximum atomic E-state index is 13.4. The molecule has 1 atom stereocenters. The summed E-state index contributed by atoms with van der Waals surface area (Å²) in [7, 11) is 0. The van der Waals surface area contributed by atoms with Crippen LogP contribution in [-0.4, -0.2) is 21.1 Å². The number of rotatable bonds is 7. The molecule has 2 heterocycles. The van der Waals surface area contributed by atoms with Crippen LogP contribution in [0.4, 0.5) is 4.39 Å². The number of benzene rings is 1. The van der Waals surface area contributed by atoms with Crippen molar-refractivity contribution in [2.45, 2.75) is 46.6 Å². The zero-order valence-corrected chi connectivity index (χ0v) is 16.3. The Morgan fingerprint density at radius 3 is 2.64 bits per heavy atom. The van der Waals surface area contributed by atoms with Gasteiger partial charge in [-0.15, -0.1) is 10.2 Å². The van der Waals surface area contributed by atoms with Crippen molar-refractivity contribution in [1.29, 1.82) is 0 Å². The van der Waals surface area contributed by atoms with Gasteiger partial charge < -0.3 is 14.2 Å². The van der Waals surface area contributed by atoms with Crippen molar-refractivity contribution in [3.63, 3.8) is 0 Å². The SMILES string of the molecule is Cc1nnc(C(CC(C)C)NC(=O)Cc2nc(-c3cccc(F)c3)oc2C)o1. The van der Waals surface area contributed by atoms with Crippen molar-refractivity contribution in [2.24, 2.45) is 5.92 Å². The van der Waals surface area contributed by atoms with E-state index in [2.05, 4.69) is 34.3 Å². The predicted octanol–water partition coefficient (Wildman–Crippen LogP) is 3.93. The third-order valence-electron chi connectivity index (χ3n) is 4.17. The molecule has 1 unspecified atom stereocenters. The molecular formula is C20H23FN4O3. The highest BCUT2D eigenvalue weighted by molar-refractivity contribution is 5.78. The van der Waals surface area contributed by atoms with E-state index in [1.165, 1.54) is 12.1 Å². The first-order valence-corrected chi connectivity index (χ1v) is 9.13. The van der Waals surface area contributed by atoms with Crippen molar-refractivity contribution in [3.05, 3.63) is 53.3 Å². The van der Waals surface area contributed by atoms with Gasteiger partial charge in [-0.3, -0.25) is 4.79 Å². The van der Waals surface area contributed by atoms with Gasteiger partial charge in [-0.2, -0.15) is 0 Å². The lowest BCUT2D eigenvalue weighted by Crippen LogP contribution is -2.31. The quantitative estimate of drug-likeness (QED) is 0.661. The van der Waals surface area contributed by atoms with Gasteiger partial charge in [0.2, 0.25) is 23.6 Å². The minimum Gasteiger partial charge on any atom is -0.441 e. The normalized spacial score (nSPS) is 12.4. The first-order chi connectivity index (χ1) is 13.3. The fourth-order valence-corrected chi connectivity index (χ4v) is 2.88. The summed E-state index contributed by atoms with van der Waals surface area (Å²) in [6.45, 7) is 7.54. The fraction of sp³-hybridized carbons (Fsp3) is 0.400. The largest absolute Gasteiger partial charge is 0.441 e. The van der Waals surface area contributed by atoms with Crippen LogP contribution in [0.3, 0.4) is 0 Å². The number of nitrogens with zero attached hydrogens (tertiary/aromatic N) is 3. The van der Waals surface area contributed by atoms with E-state index in [4.69, 9.17) is 8.83 Å². The van der Waals surface area contributed by atoms with Crippen LogP contribution in [0, 0.1) is 25.6 Å². The Bertz CT molecular complexity index is 964. The number of carbonyl (C=O) groups is 1. The van der Waals surface area contributed by atoms with E-state index in [-0.39, 0.29) is 30.1 Å². The monoisotopic (exact) mass is 386 g/mol. The molecule has 0 radical (unpaired) electrons. The number of oxazole rings is 1. The van der Waals surface area contributed by atoms with Crippen LogP contribution in [0.25, 0.3) is 11.5 Å². The van der Waals surface area contributed by atoms with E-state index in [9.17, 15) is 9.18 Å². The second kappa shape index (κ2) is 8.33. The van der Waals surface area contributed by atoms with Gasteiger partial charge in [0.15, 0.2) is 0 Å². The molecule has 148 valence electrons. The summed E-state index contributed by atoms with van der Waals surface area (Å²) >= 11 is 0. The van der Waals surface area contributed by atoms with Crippen LogP contribution in [0.1, 0.15) is 49.5 Å². The first-order valence-electron chi connectivity index (χ1n) is 9.13. The van der Waals surface area contributed by atoms with Crippen LogP contribution in [0.15, 0.2) is 33.1 Å². The number of halogens is 1. The summed E-state index contributed by atoms with van der Waals surface area (Å²) in [4.78, 5) is 17.0. The minimum absolute atomic E-state index is 0.0341. The molecule has 0 spiro atoms. The number of aromatic nitrogens is 3. The summed E-state index contributed by atoms with van der Waals surface area (Å²) in [5.74, 6) is 1.35. The summed E-state index contributed by atoms with van der Waals surface area (Å²) in [6.07, 6.45) is 0.700. The lowest BCUT2D eigenvalue weighted by molar-refractivity contribution is -0.121. The van der Waals surface area contributed by atoms with Crippen molar-refractivity contribution >= 4 is 5.91 Å². The molecule has 28 heavy (non-hydrogen) atoms. The molecule has 0 saturated carbocycles. The summed E-state index contributed by atoms with van der Waals surface area (Å²) < 4.78 is 24.5. The third kappa shape index (κ3) is 4.82. The number of amides is 1. The highest BCUT2D eigenvalue weighted by Gasteiger charge is 2.23. The molecule has 8 heteroatoms. The molecule has 0 aliphatic carbocycles. The number of aryl methyl sites for hydroxylation is 2. The Kier molecular flexibility index (Phi) is 5.87. The molecule has 0 fully saturated rings. The van der Waals surface area contributed by atoms with Crippen molar-refractivity contribution in [3.8, 4) is 11.5 Å². The number of hydrogen-bond acceptors (Lipinski definition) is 6. The molecule has 2 aromatic heterocycles. The van der Waals surface area contributed by atoms with Gasteiger partial charge in [-0.1, -0.05) is 19.9 Å². The molecule has 0 aliphatic heterocycles. The zero-order chi connectivity index (χ0) is 20.3. The average Bonchev–Trinajstić information content (AvgIpc) is 3.20. The van der Waals surface area contributed by atoms with Gasteiger partial charge in [0.25, 0.3) is 0 Å². The Morgan fingerprint density at radius 2 is 2.00 bits per heavy atom. The minimum atomic E-state index is -0.376. The van der Waals surface area contributed by atoms with Crippen molar-refractivity contribution < 1.29 is 18.0 Å². The number of hydrogen-bond donors (Lipinski definition) is 1. The topological polar surface area (TPSA) is 94.1 Å². The second-order valence-electron chi connectivity index (χ2n) is 7.12. The molecule has 3 rings (SSSR count). The lowest BCUT2D eigenvalue weighted by atomic mass is 10.0. The van der Waals surface area contributed by atoms with Crippen molar-refractivity contribution in [2.75, 3.05) is 0 Å². The molecule has 1 N–H and O–H groups in total. The predicted molar refractivity (Wildman–Crippen MR) is 99.7 cm³/mol. The van der Waals surface area contributed by atoms with E-state index in [0.717, 1.165) is 0 Å². The van der Waals surface area contributed by atoms with E-state index in [1.54, 1.807) is 26.0 Å². The fourth-order valence-electron chi connectivity index (χ4n) is 2.88. The Morgan fingerprint density at radius 1 is 1.21 bits per heavy atom. The molecule has 1 aromatic carbocycles. The van der Waals surface area contributed by atoms with Crippen LogP contribution in [0.5, 0.6) is 0 Å². The molecule has 7 nitrogen and oxygen atoms in total. The standard InChI is InChI=1S/C20H23FN4O3/c1-11(2)8-17(20-25-24-13(4)28-20)22-18(26)10-16-12(3)27-19(23-16)14-6-5-7-15(21)9-14/h5-7,9,11,17H,8,10H2,1-4H3,(H,22,26). The molecule has 0 bridgehead atoms. The van der Waals surface area contributed by atoms with E-state index >= 15 is 0 Å². The van der Waals surface area contributed by atoms with Gasteiger partial charge in [-0.05, 0) is 37.5 Å². The number of carbonyl (C=O) groups excluding carboxylic acids is 1. The molecule has 3 aromatic rings. The highest BCUT2D eigenvalue weighted by atomic mass is 19.1. The van der Waals surface area contributed by atoms with E-state index in [1.807, 2.05) is 0 Å². The summed E-state index contributed by atoms with van der Waals surface area (Å²) in [5.41, 5.74) is 1.02.